The zero-order valence-electron chi connectivity index (χ0n) is 12.8. The number of nitrogens with zero attached hydrogens (tertiary/aromatic N) is 1. The summed E-state index contributed by atoms with van der Waals surface area (Å²) in [4.78, 5) is 12.2. The maximum Gasteiger partial charge on any atom is 0.274 e. The number of aryl methyl sites for hydroxylation is 1. The van der Waals surface area contributed by atoms with E-state index in [1.54, 1.807) is 0 Å². The number of carbonyl (C=O) groups is 1. The van der Waals surface area contributed by atoms with E-state index in [0.717, 1.165) is 18.5 Å². The molecule has 0 bridgehead atoms. The Balaban J connectivity index is 2.73. The first kappa shape index (κ1) is 16.5. The number of ether oxygens (including phenoxy) is 1. The smallest absolute Gasteiger partial charge is 0.274 e. The van der Waals surface area contributed by atoms with Crippen molar-refractivity contribution in [2.45, 2.75) is 46.6 Å². The van der Waals surface area contributed by atoms with E-state index in [4.69, 9.17) is 10.5 Å². The molecule has 1 heterocycles. The fraction of sp³-hybridized carbons (Fsp3) is 0.714. The van der Waals surface area contributed by atoms with E-state index in [-0.39, 0.29) is 23.6 Å². The number of nitrogens with two attached hydrogens (primary N) is 1. The molecule has 6 nitrogen and oxygen atoms in total. The maximum absolute atomic E-state index is 12.2. The third kappa shape index (κ3) is 4.23. The molecule has 0 radical (unpaired) electrons. The minimum Gasteiger partial charge on any atom is -0.395 e. The van der Waals surface area contributed by atoms with Gasteiger partial charge in [-0.25, -0.2) is 0 Å². The van der Waals surface area contributed by atoms with Crippen molar-refractivity contribution in [1.82, 2.24) is 15.5 Å². The Labute approximate surface area is 120 Å². The largest absolute Gasteiger partial charge is 0.395 e. The molecule has 1 aromatic heterocycles. The summed E-state index contributed by atoms with van der Waals surface area (Å²) in [5.41, 5.74) is 7.50. The summed E-state index contributed by atoms with van der Waals surface area (Å²) in [6, 6.07) is -0.0480. The SMILES string of the molecule is CCCc1[nH]nc(C(=O)NC(COCC)C(C)C)c1N. The Morgan fingerprint density at radius 3 is 2.70 bits per heavy atom. The Kier molecular flexibility index (Phi) is 6.51. The lowest BCUT2D eigenvalue weighted by Crippen LogP contribution is -2.42. The van der Waals surface area contributed by atoms with Crippen molar-refractivity contribution in [1.29, 1.82) is 0 Å². The molecule has 4 N–H and O–H groups in total. The van der Waals surface area contributed by atoms with Crippen LogP contribution in [0.3, 0.4) is 0 Å². The number of H-pyrrole nitrogens is 1. The predicted molar refractivity (Wildman–Crippen MR) is 79.6 cm³/mol. The molecule has 6 heteroatoms. The normalized spacial score (nSPS) is 12.7. The van der Waals surface area contributed by atoms with E-state index in [1.807, 2.05) is 20.8 Å². The van der Waals surface area contributed by atoms with Crippen molar-refractivity contribution in [3.05, 3.63) is 11.4 Å². The molecule has 0 fully saturated rings. The monoisotopic (exact) mass is 282 g/mol. The molecule has 1 amide bonds. The number of aromatic amines is 1. The Morgan fingerprint density at radius 1 is 1.45 bits per heavy atom. The van der Waals surface area contributed by atoms with Crippen LogP contribution >= 0.6 is 0 Å². The van der Waals surface area contributed by atoms with Gasteiger partial charge < -0.3 is 15.8 Å². The lowest BCUT2D eigenvalue weighted by atomic mass is 10.1. The summed E-state index contributed by atoms with van der Waals surface area (Å²) in [5.74, 6) is 0.0280. The van der Waals surface area contributed by atoms with Crippen LogP contribution < -0.4 is 11.1 Å². The van der Waals surface area contributed by atoms with Crippen LogP contribution in [0.1, 0.15) is 50.3 Å². The molecule has 1 unspecified atom stereocenters. The molecule has 0 aliphatic rings. The zero-order chi connectivity index (χ0) is 15.1. The summed E-state index contributed by atoms with van der Waals surface area (Å²) in [6.07, 6.45) is 1.74. The summed E-state index contributed by atoms with van der Waals surface area (Å²) in [7, 11) is 0. The average Bonchev–Trinajstić information content (AvgIpc) is 2.76. The van der Waals surface area contributed by atoms with Gasteiger partial charge >= 0.3 is 0 Å². The molecular formula is C14H26N4O2. The van der Waals surface area contributed by atoms with E-state index in [2.05, 4.69) is 22.4 Å². The number of hydrogen-bond acceptors (Lipinski definition) is 4. The average molecular weight is 282 g/mol. The lowest BCUT2D eigenvalue weighted by molar-refractivity contribution is 0.0802. The first-order valence-electron chi connectivity index (χ1n) is 7.22. The minimum absolute atomic E-state index is 0.0480. The van der Waals surface area contributed by atoms with E-state index in [9.17, 15) is 4.79 Å². The van der Waals surface area contributed by atoms with E-state index < -0.39 is 0 Å². The first-order chi connectivity index (χ1) is 9.51. The number of nitrogens with one attached hydrogen (secondary N) is 2. The second kappa shape index (κ2) is 7.89. The number of nitrogen functional groups attached to an aromatic ring is 1. The maximum atomic E-state index is 12.2. The molecule has 0 spiro atoms. The number of carbonyl (C=O) groups excluding carboxylic acids is 1. The van der Waals surface area contributed by atoms with E-state index in [0.29, 0.717) is 18.9 Å². The van der Waals surface area contributed by atoms with Crippen molar-refractivity contribution in [2.24, 2.45) is 5.92 Å². The van der Waals surface area contributed by atoms with Gasteiger partial charge in [-0.3, -0.25) is 9.89 Å². The van der Waals surface area contributed by atoms with Gasteiger partial charge in [-0.05, 0) is 19.3 Å². The molecule has 114 valence electrons. The highest BCUT2D eigenvalue weighted by atomic mass is 16.5. The number of aromatic nitrogens is 2. The third-order valence-electron chi connectivity index (χ3n) is 3.22. The fourth-order valence-electron chi connectivity index (χ4n) is 1.88. The van der Waals surface area contributed by atoms with Gasteiger partial charge in [-0.15, -0.1) is 0 Å². The van der Waals surface area contributed by atoms with Crippen LogP contribution in [0, 0.1) is 5.92 Å². The van der Waals surface area contributed by atoms with Crippen molar-refractivity contribution in [2.75, 3.05) is 18.9 Å². The molecular weight excluding hydrogens is 256 g/mol. The third-order valence-corrected chi connectivity index (χ3v) is 3.22. The van der Waals surface area contributed by atoms with Crippen LogP contribution in [-0.2, 0) is 11.2 Å². The summed E-state index contributed by atoms with van der Waals surface area (Å²) in [5, 5.41) is 9.80. The van der Waals surface area contributed by atoms with E-state index in [1.165, 1.54) is 0 Å². The molecule has 1 rings (SSSR count). The summed E-state index contributed by atoms with van der Waals surface area (Å²) >= 11 is 0. The minimum atomic E-state index is -0.250. The number of anilines is 1. The van der Waals surface area contributed by atoms with Gasteiger partial charge in [-0.1, -0.05) is 27.2 Å². The van der Waals surface area contributed by atoms with Crippen molar-refractivity contribution >= 4 is 11.6 Å². The van der Waals surface area contributed by atoms with Gasteiger partial charge in [0, 0.05) is 6.61 Å². The standard InChI is InChI=1S/C14H26N4O2/c1-5-7-10-12(15)13(18-17-10)14(19)16-11(9(3)4)8-20-6-2/h9,11H,5-8,15H2,1-4H3,(H,16,19)(H,17,18). The van der Waals surface area contributed by atoms with Gasteiger partial charge in [0.15, 0.2) is 5.69 Å². The fourth-order valence-corrected chi connectivity index (χ4v) is 1.88. The number of amides is 1. The number of hydrogen-bond donors (Lipinski definition) is 3. The molecule has 0 aliphatic carbocycles. The predicted octanol–water partition coefficient (Wildman–Crippen LogP) is 1.74. The van der Waals surface area contributed by atoms with Gasteiger partial charge in [0.2, 0.25) is 0 Å². The number of rotatable bonds is 8. The van der Waals surface area contributed by atoms with Gasteiger partial charge in [0.25, 0.3) is 5.91 Å². The molecule has 1 aromatic rings. The molecule has 1 atom stereocenters. The molecule has 0 saturated carbocycles. The molecule has 0 aliphatic heterocycles. The summed E-state index contributed by atoms with van der Waals surface area (Å²) < 4.78 is 5.39. The van der Waals surface area contributed by atoms with Crippen LogP contribution in [0.25, 0.3) is 0 Å². The Morgan fingerprint density at radius 2 is 2.15 bits per heavy atom. The van der Waals surface area contributed by atoms with Gasteiger partial charge in [-0.2, -0.15) is 5.10 Å². The highest BCUT2D eigenvalue weighted by Crippen LogP contribution is 2.16. The van der Waals surface area contributed by atoms with Crippen LogP contribution in [0.2, 0.25) is 0 Å². The van der Waals surface area contributed by atoms with Crippen LogP contribution in [0.4, 0.5) is 5.69 Å². The van der Waals surface area contributed by atoms with Crippen LogP contribution in [0.5, 0.6) is 0 Å². The highest BCUT2D eigenvalue weighted by molar-refractivity contribution is 5.97. The Hall–Kier alpha value is -1.56. The second-order valence-corrected chi connectivity index (χ2v) is 5.20. The van der Waals surface area contributed by atoms with Gasteiger partial charge in [0.05, 0.1) is 24.0 Å². The zero-order valence-corrected chi connectivity index (χ0v) is 12.8. The van der Waals surface area contributed by atoms with Crippen LogP contribution in [-0.4, -0.2) is 35.4 Å². The summed E-state index contributed by atoms with van der Waals surface area (Å²) in [6.45, 7) is 9.19. The van der Waals surface area contributed by atoms with Gasteiger partial charge in [0.1, 0.15) is 0 Å². The van der Waals surface area contributed by atoms with Crippen LogP contribution in [0.15, 0.2) is 0 Å². The molecule has 0 aromatic carbocycles. The lowest BCUT2D eigenvalue weighted by Gasteiger charge is -2.21. The van der Waals surface area contributed by atoms with E-state index >= 15 is 0 Å². The van der Waals surface area contributed by atoms with Crippen molar-refractivity contribution < 1.29 is 9.53 Å². The Bertz CT molecular complexity index is 429. The molecule has 0 saturated heterocycles. The highest BCUT2D eigenvalue weighted by Gasteiger charge is 2.21. The molecule has 20 heavy (non-hydrogen) atoms. The quantitative estimate of drug-likeness (QED) is 0.677. The van der Waals surface area contributed by atoms with Crippen molar-refractivity contribution in [3.8, 4) is 0 Å². The first-order valence-corrected chi connectivity index (χ1v) is 7.22. The topological polar surface area (TPSA) is 93.0 Å². The second-order valence-electron chi connectivity index (χ2n) is 5.20. The van der Waals surface area contributed by atoms with Crippen molar-refractivity contribution in [3.63, 3.8) is 0 Å².